The van der Waals surface area contributed by atoms with Crippen molar-refractivity contribution in [3.05, 3.63) is 35.9 Å². The third-order valence-corrected chi connectivity index (χ3v) is 3.66. The molecule has 0 bridgehead atoms. The van der Waals surface area contributed by atoms with E-state index in [0.717, 1.165) is 31.5 Å². The van der Waals surface area contributed by atoms with E-state index < -0.39 is 0 Å². The number of carbonyl (C=O) groups excluding carboxylic acids is 1. The van der Waals surface area contributed by atoms with Gasteiger partial charge in [-0.3, -0.25) is 4.79 Å². The Kier molecular flexibility index (Phi) is 3.05. The van der Waals surface area contributed by atoms with E-state index in [2.05, 4.69) is 28.9 Å². The average molecular weight is 242 g/mol. The molecule has 0 saturated carbocycles. The van der Waals surface area contributed by atoms with Gasteiger partial charge in [-0.2, -0.15) is 0 Å². The van der Waals surface area contributed by atoms with Crippen molar-refractivity contribution in [2.24, 2.45) is 5.92 Å². The molecule has 2 N–H and O–H groups in total. The highest BCUT2D eigenvalue weighted by molar-refractivity contribution is 5.91. The zero-order chi connectivity index (χ0) is 12.4. The summed E-state index contributed by atoms with van der Waals surface area (Å²) in [5.74, 6) is 0.554. The fourth-order valence-electron chi connectivity index (χ4n) is 2.70. The SMILES string of the molecule is O=C(CC1C=CCC1)Nc1ccc2c(c1)CCN2. The van der Waals surface area contributed by atoms with Gasteiger partial charge in [0.15, 0.2) is 0 Å². The summed E-state index contributed by atoms with van der Waals surface area (Å²) in [6.45, 7) is 1.000. The van der Waals surface area contributed by atoms with E-state index in [0.29, 0.717) is 12.3 Å². The van der Waals surface area contributed by atoms with Crippen LogP contribution in [0.2, 0.25) is 0 Å². The molecular formula is C15H18N2O. The van der Waals surface area contributed by atoms with Crippen LogP contribution in [0, 0.1) is 5.92 Å². The zero-order valence-electron chi connectivity index (χ0n) is 10.4. The number of hydrogen-bond donors (Lipinski definition) is 2. The molecule has 1 aromatic carbocycles. The Labute approximate surface area is 107 Å². The Morgan fingerprint density at radius 1 is 1.44 bits per heavy atom. The third-order valence-electron chi connectivity index (χ3n) is 3.66. The maximum atomic E-state index is 11.9. The van der Waals surface area contributed by atoms with Crippen LogP contribution >= 0.6 is 0 Å². The second kappa shape index (κ2) is 4.84. The second-order valence-electron chi connectivity index (χ2n) is 5.07. The van der Waals surface area contributed by atoms with Gasteiger partial charge >= 0.3 is 0 Å². The fourth-order valence-corrected chi connectivity index (χ4v) is 2.70. The molecule has 3 rings (SSSR count). The molecule has 1 heterocycles. The molecule has 2 aliphatic rings. The first kappa shape index (κ1) is 11.3. The van der Waals surface area contributed by atoms with Crippen LogP contribution < -0.4 is 10.6 Å². The van der Waals surface area contributed by atoms with Crippen molar-refractivity contribution in [2.75, 3.05) is 17.2 Å². The summed E-state index contributed by atoms with van der Waals surface area (Å²) >= 11 is 0. The molecule has 94 valence electrons. The van der Waals surface area contributed by atoms with Crippen molar-refractivity contribution in [1.29, 1.82) is 0 Å². The van der Waals surface area contributed by atoms with Crippen LogP contribution in [0.3, 0.4) is 0 Å². The van der Waals surface area contributed by atoms with Gasteiger partial charge in [-0.05, 0) is 48.9 Å². The van der Waals surface area contributed by atoms with Gasteiger partial charge in [-0.15, -0.1) is 0 Å². The highest BCUT2D eigenvalue weighted by Gasteiger charge is 2.15. The number of fused-ring (bicyclic) bond motifs is 1. The van der Waals surface area contributed by atoms with Crippen molar-refractivity contribution in [2.45, 2.75) is 25.7 Å². The molecule has 1 aliphatic heterocycles. The van der Waals surface area contributed by atoms with E-state index in [4.69, 9.17) is 0 Å². The van der Waals surface area contributed by atoms with Gasteiger partial charge in [0.25, 0.3) is 0 Å². The number of anilines is 2. The molecule has 18 heavy (non-hydrogen) atoms. The van der Waals surface area contributed by atoms with Crippen LogP contribution in [0.5, 0.6) is 0 Å². The van der Waals surface area contributed by atoms with E-state index in [1.165, 1.54) is 11.3 Å². The number of carbonyl (C=O) groups is 1. The quantitative estimate of drug-likeness (QED) is 0.800. The number of benzene rings is 1. The molecule has 3 heteroatoms. The predicted molar refractivity (Wildman–Crippen MR) is 73.7 cm³/mol. The monoisotopic (exact) mass is 242 g/mol. The Hall–Kier alpha value is -1.77. The smallest absolute Gasteiger partial charge is 0.224 e. The molecule has 1 atom stereocenters. The molecule has 1 amide bonds. The minimum Gasteiger partial charge on any atom is -0.384 e. The first-order valence-electron chi connectivity index (χ1n) is 6.64. The maximum Gasteiger partial charge on any atom is 0.224 e. The standard InChI is InChI=1S/C15H18N2O/c18-15(9-11-3-1-2-4-11)17-13-5-6-14-12(10-13)7-8-16-14/h1,3,5-6,10-11,16H,2,4,7-9H2,(H,17,18). The van der Waals surface area contributed by atoms with Crippen LogP contribution in [0.15, 0.2) is 30.4 Å². The van der Waals surface area contributed by atoms with E-state index in [1.807, 2.05) is 12.1 Å². The number of hydrogen-bond acceptors (Lipinski definition) is 2. The molecule has 3 nitrogen and oxygen atoms in total. The summed E-state index contributed by atoms with van der Waals surface area (Å²) < 4.78 is 0. The van der Waals surface area contributed by atoms with E-state index in [-0.39, 0.29) is 5.91 Å². The fraction of sp³-hybridized carbons (Fsp3) is 0.400. The molecule has 1 aromatic rings. The van der Waals surface area contributed by atoms with Gasteiger partial charge < -0.3 is 10.6 Å². The Morgan fingerprint density at radius 3 is 3.22 bits per heavy atom. The number of rotatable bonds is 3. The van der Waals surface area contributed by atoms with Crippen molar-refractivity contribution < 1.29 is 4.79 Å². The summed E-state index contributed by atoms with van der Waals surface area (Å²) in [6, 6.07) is 6.10. The molecular weight excluding hydrogens is 224 g/mol. The predicted octanol–water partition coefficient (Wildman–Crippen LogP) is 2.95. The second-order valence-corrected chi connectivity index (χ2v) is 5.07. The summed E-state index contributed by atoms with van der Waals surface area (Å²) in [7, 11) is 0. The Morgan fingerprint density at radius 2 is 2.39 bits per heavy atom. The Bertz CT molecular complexity index is 493. The topological polar surface area (TPSA) is 41.1 Å². The lowest BCUT2D eigenvalue weighted by molar-refractivity contribution is -0.116. The molecule has 0 radical (unpaired) electrons. The van der Waals surface area contributed by atoms with Crippen LogP contribution in [-0.4, -0.2) is 12.5 Å². The highest BCUT2D eigenvalue weighted by Crippen LogP contribution is 2.26. The van der Waals surface area contributed by atoms with Crippen LogP contribution in [-0.2, 0) is 11.2 Å². The van der Waals surface area contributed by atoms with Gasteiger partial charge in [0, 0.05) is 24.3 Å². The third kappa shape index (κ3) is 2.40. The molecule has 0 fully saturated rings. The molecule has 1 aliphatic carbocycles. The maximum absolute atomic E-state index is 11.9. The normalized spacial score (nSPS) is 20.6. The number of nitrogens with one attached hydrogen (secondary N) is 2. The lowest BCUT2D eigenvalue weighted by Crippen LogP contribution is -2.14. The van der Waals surface area contributed by atoms with E-state index in [9.17, 15) is 4.79 Å². The lowest BCUT2D eigenvalue weighted by atomic mass is 10.0. The largest absolute Gasteiger partial charge is 0.384 e. The summed E-state index contributed by atoms with van der Waals surface area (Å²) in [5.41, 5.74) is 3.42. The summed E-state index contributed by atoms with van der Waals surface area (Å²) in [6.07, 6.45) is 8.20. The lowest BCUT2D eigenvalue weighted by Gasteiger charge is -2.10. The molecule has 1 unspecified atom stereocenters. The van der Waals surface area contributed by atoms with Crippen molar-refractivity contribution in [3.8, 4) is 0 Å². The van der Waals surface area contributed by atoms with Crippen LogP contribution in [0.1, 0.15) is 24.8 Å². The van der Waals surface area contributed by atoms with E-state index >= 15 is 0 Å². The minimum absolute atomic E-state index is 0.123. The summed E-state index contributed by atoms with van der Waals surface area (Å²) in [5, 5.41) is 6.32. The minimum atomic E-state index is 0.123. The van der Waals surface area contributed by atoms with E-state index in [1.54, 1.807) is 0 Å². The summed E-state index contributed by atoms with van der Waals surface area (Å²) in [4.78, 5) is 11.9. The van der Waals surface area contributed by atoms with Gasteiger partial charge in [-0.25, -0.2) is 0 Å². The zero-order valence-corrected chi connectivity index (χ0v) is 10.4. The van der Waals surface area contributed by atoms with Gasteiger partial charge in [0.2, 0.25) is 5.91 Å². The first-order chi connectivity index (χ1) is 8.81. The van der Waals surface area contributed by atoms with Gasteiger partial charge in [0.1, 0.15) is 0 Å². The van der Waals surface area contributed by atoms with Crippen molar-refractivity contribution in [1.82, 2.24) is 0 Å². The Balaban J connectivity index is 1.61. The molecule has 0 saturated heterocycles. The number of amides is 1. The first-order valence-corrected chi connectivity index (χ1v) is 6.64. The van der Waals surface area contributed by atoms with Gasteiger partial charge in [0.05, 0.1) is 0 Å². The average Bonchev–Trinajstić information content (AvgIpc) is 2.98. The molecule has 0 aromatic heterocycles. The van der Waals surface area contributed by atoms with Crippen molar-refractivity contribution in [3.63, 3.8) is 0 Å². The van der Waals surface area contributed by atoms with Crippen LogP contribution in [0.4, 0.5) is 11.4 Å². The van der Waals surface area contributed by atoms with Gasteiger partial charge in [-0.1, -0.05) is 12.2 Å². The van der Waals surface area contributed by atoms with Crippen molar-refractivity contribution >= 4 is 17.3 Å². The highest BCUT2D eigenvalue weighted by atomic mass is 16.1. The number of allylic oxidation sites excluding steroid dienone is 2. The molecule has 0 spiro atoms. The van der Waals surface area contributed by atoms with Crippen LogP contribution in [0.25, 0.3) is 0 Å².